The van der Waals surface area contributed by atoms with E-state index in [0.717, 1.165) is 12.8 Å². The van der Waals surface area contributed by atoms with E-state index >= 15 is 0 Å². The number of hydrogen-bond acceptors (Lipinski definition) is 1. The van der Waals surface area contributed by atoms with E-state index in [1.54, 1.807) is 0 Å². The summed E-state index contributed by atoms with van der Waals surface area (Å²) in [5, 5.41) is 8.66. The minimum Gasteiger partial charge on any atom is -0.396 e. The highest BCUT2D eigenvalue weighted by Crippen LogP contribution is 2.01. The predicted molar refractivity (Wildman–Crippen MR) is 44.9 cm³/mol. The van der Waals surface area contributed by atoms with Gasteiger partial charge in [-0.05, 0) is 18.8 Å². The molecule has 0 aliphatic rings. The molecule has 1 atom stereocenters. The maximum atomic E-state index is 8.66. The summed E-state index contributed by atoms with van der Waals surface area (Å²) in [5.41, 5.74) is 0. The van der Waals surface area contributed by atoms with E-state index < -0.39 is 0 Å². The molecule has 0 radical (unpaired) electrons. The topological polar surface area (TPSA) is 20.2 Å². The fourth-order valence-electron chi connectivity index (χ4n) is 0.688. The predicted octanol–water partition coefficient (Wildman–Crippen LogP) is 2.36. The van der Waals surface area contributed by atoms with E-state index in [4.69, 9.17) is 5.11 Å². The van der Waals surface area contributed by atoms with Crippen LogP contribution in [0.15, 0.2) is 12.2 Å². The van der Waals surface area contributed by atoms with Crippen molar-refractivity contribution in [1.29, 1.82) is 0 Å². The normalized spacial score (nSPS) is 14.3. The summed E-state index contributed by atoms with van der Waals surface area (Å²) in [6.45, 7) is 4.52. The summed E-state index contributed by atoms with van der Waals surface area (Å²) in [7, 11) is 0. The molecular formula is C9H18O. The molecule has 0 unspecified atom stereocenters. The Labute approximate surface area is 63.8 Å². The van der Waals surface area contributed by atoms with Crippen LogP contribution in [0, 0.1) is 5.92 Å². The van der Waals surface area contributed by atoms with Gasteiger partial charge in [0.05, 0.1) is 0 Å². The molecule has 60 valence electrons. The highest BCUT2D eigenvalue weighted by Gasteiger charge is 1.93. The van der Waals surface area contributed by atoms with Crippen LogP contribution in [0.2, 0.25) is 0 Å². The lowest BCUT2D eigenvalue weighted by atomic mass is 10.1. The van der Waals surface area contributed by atoms with Crippen molar-refractivity contribution in [2.45, 2.75) is 33.1 Å². The summed E-state index contributed by atoms with van der Waals surface area (Å²) in [6, 6.07) is 0. The summed E-state index contributed by atoms with van der Waals surface area (Å²) in [6.07, 6.45) is 7.73. The first-order valence-corrected chi connectivity index (χ1v) is 4.07. The van der Waals surface area contributed by atoms with Crippen LogP contribution < -0.4 is 0 Å². The average Bonchev–Trinajstić information content (AvgIpc) is 1.98. The third kappa shape index (κ3) is 5.83. The molecule has 0 amide bonds. The number of aliphatic hydroxyl groups is 1. The van der Waals surface area contributed by atoms with Crippen molar-refractivity contribution in [3.05, 3.63) is 12.2 Å². The van der Waals surface area contributed by atoms with Crippen molar-refractivity contribution in [1.82, 2.24) is 0 Å². The van der Waals surface area contributed by atoms with Gasteiger partial charge < -0.3 is 5.11 Å². The molecule has 10 heavy (non-hydrogen) atoms. The number of rotatable bonds is 5. The van der Waals surface area contributed by atoms with Crippen LogP contribution >= 0.6 is 0 Å². The lowest BCUT2D eigenvalue weighted by Gasteiger charge is -2.00. The van der Waals surface area contributed by atoms with Gasteiger partial charge in [0.15, 0.2) is 0 Å². The van der Waals surface area contributed by atoms with Crippen LogP contribution in [-0.2, 0) is 0 Å². The maximum Gasteiger partial charge on any atom is 0.0459 e. The van der Waals surface area contributed by atoms with Crippen LogP contribution in [0.5, 0.6) is 0 Å². The van der Waals surface area contributed by atoms with Gasteiger partial charge in [0.25, 0.3) is 0 Å². The van der Waals surface area contributed by atoms with Crippen LogP contribution in [0.25, 0.3) is 0 Å². The fourth-order valence-corrected chi connectivity index (χ4v) is 0.688. The second-order valence-electron chi connectivity index (χ2n) is 2.78. The summed E-state index contributed by atoms with van der Waals surface area (Å²) < 4.78 is 0. The van der Waals surface area contributed by atoms with E-state index in [-0.39, 0.29) is 0 Å². The van der Waals surface area contributed by atoms with Crippen LogP contribution in [0.1, 0.15) is 33.1 Å². The molecule has 0 heterocycles. The van der Waals surface area contributed by atoms with Gasteiger partial charge in [0, 0.05) is 6.61 Å². The van der Waals surface area contributed by atoms with Crippen LogP contribution in [0.3, 0.4) is 0 Å². The Kier molecular flexibility index (Phi) is 6.61. The first-order chi connectivity index (χ1) is 4.81. The van der Waals surface area contributed by atoms with Gasteiger partial charge in [-0.1, -0.05) is 32.4 Å². The van der Waals surface area contributed by atoms with Gasteiger partial charge in [0.1, 0.15) is 0 Å². The molecule has 0 bridgehead atoms. The molecule has 0 fully saturated rings. The Bertz CT molecular complexity index is 86.7. The van der Waals surface area contributed by atoms with Crippen molar-refractivity contribution in [2.24, 2.45) is 5.92 Å². The highest BCUT2D eigenvalue weighted by atomic mass is 16.3. The lowest BCUT2D eigenvalue weighted by molar-refractivity contribution is 0.239. The summed E-state index contributed by atoms with van der Waals surface area (Å²) >= 11 is 0. The van der Waals surface area contributed by atoms with Gasteiger partial charge in [0.2, 0.25) is 0 Å². The average molecular weight is 142 g/mol. The Morgan fingerprint density at radius 3 is 2.60 bits per heavy atom. The molecule has 0 aliphatic heterocycles. The van der Waals surface area contributed by atoms with E-state index in [1.165, 1.54) is 6.42 Å². The minimum absolute atomic E-state index is 0.302. The zero-order valence-corrected chi connectivity index (χ0v) is 7.01. The van der Waals surface area contributed by atoms with Gasteiger partial charge in [-0.2, -0.15) is 0 Å². The molecule has 0 spiro atoms. The molecule has 0 rings (SSSR count). The van der Waals surface area contributed by atoms with Crippen molar-refractivity contribution < 1.29 is 5.11 Å². The largest absolute Gasteiger partial charge is 0.396 e. The van der Waals surface area contributed by atoms with Crippen molar-refractivity contribution in [3.8, 4) is 0 Å². The number of allylic oxidation sites excluding steroid dienone is 2. The lowest BCUT2D eigenvalue weighted by Crippen LogP contribution is -1.97. The quantitative estimate of drug-likeness (QED) is 0.584. The molecular weight excluding hydrogens is 124 g/mol. The van der Waals surface area contributed by atoms with Crippen LogP contribution in [0.4, 0.5) is 0 Å². The molecule has 0 saturated heterocycles. The third-order valence-corrected chi connectivity index (χ3v) is 1.47. The smallest absolute Gasteiger partial charge is 0.0459 e. The van der Waals surface area contributed by atoms with Crippen molar-refractivity contribution in [2.75, 3.05) is 6.61 Å². The number of hydrogen-bond donors (Lipinski definition) is 1. The second-order valence-corrected chi connectivity index (χ2v) is 2.78. The Morgan fingerprint density at radius 1 is 1.40 bits per heavy atom. The molecule has 1 N–H and O–H groups in total. The fraction of sp³-hybridized carbons (Fsp3) is 0.778. The Balaban J connectivity index is 3.16. The zero-order chi connectivity index (χ0) is 7.82. The van der Waals surface area contributed by atoms with Gasteiger partial charge in [-0.25, -0.2) is 0 Å². The molecule has 0 aromatic rings. The first-order valence-electron chi connectivity index (χ1n) is 4.07. The van der Waals surface area contributed by atoms with E-state index in [2.05, 4.69) is 26.0 Å². The van der Waals surface area contributed by atoms with Crippen LogP contribution in [-0.4, -0.2) is 11.7 Å². The first kappa shape index (κ1) is 9.70. The second kappa shape index (κ2) is 6.81. The SMILES string of the molecule is CCC/C=C/C[C@@H](C)CO. The van der Waals surface area contributed by atoms with Gasteiger partial charge in [-0.15, -0.1) is 0 Å². The third-order valence-electron chi connectivity index (χ3n) is 1.47. The summed E-state index contributed by atoms with van der Waals surface area (Å²) in [5.74, 6) is 0.424. The molecule has 1 nitrogen and oxygen atoms in total. The van der Waals surface area contributed by atoms with Crippen molar-refractivity contribution >= 4 is 0 Å². The molecule has 0 aliphatic carbocycles. The minimum atomic E-state index is 0.302. The molecule has 1 heteroatoms. The van der Waals surface area contributed by atoms with E-state index in [0.29, 0.717) is 12.5 Å². The highest BCUT2D eigenvalue weighted by molar-refractivity contribution is 4.82. The molecule has 0 saturated carbocycles. The number of unbranched alkanes of at least 4 members (excludes halogenated alkanes) is 1. The van der Waals surface area contributed by atoms with E-state index in [1.807, 2.05) is 0 Å². The van der Waals surface area contributed by atoms with Crippen molar-refractivity contribution in [3.63, 3.8) is 0 Å². The molecule has 0 aromatic heterocycles. The summed E-state index contributed by atoms with van der Waals surface area (Å²) in [4.78, 5) is 0. The van der Waals surface area contributed by atoms with E-state index in [9.17, 15) is 0 Å². The maximum absolute atomic E-state index is 8.66. The van der Waals surface area contributed by atoms with Gasteiger partial charge in [-0.3, -0.25) is 0 Å². The molecule has 0 aromatic carbocycles. The Hall–Kier alpha value is -0.300. The van der Waals surface area contributed by atoms with Gasteiger partial charge >= 0.3 is 0 Å². The Morgan fingerprint density at radius 2 is 2.10 bits per heavy atom. The zero-order valence-electron chi connectivity index (χ0n) is 7.01. The number of aliphatic hydroxyl groups excluding tert-OH is 1. The standard InChI is InChI=1S/C9H18O/c1-3-4-5-6-7-9(2)8-10/h5-6,9-10H,3-4,7-8H2,1-2H3/b6-5+/t9-/m1/s1. The monoisotopic (exact) mass is 142 g/mol.